The molecule has 1 aromatic carbocycles. The maximum atomic E-state index is 12.4. The predicted molar refractivity (Wildman–Crippen MR) is 90.7 cm³/mol. The van der Waals surface area contributed by atoms with E-state index in [2.05, 4.69) is 23.2 Å². The molecule has 0 saturated carbocycles. The maximum Gasteiger partial charge on any atom is 0.260 e. The number of hydrogen-bond acceptors (Lipinski definition) is 4. The van der Waals surface area contributed by atoms with Crippen LogP contribution < -0.4 is 10.1 Å². The summed E-state index contributed by atoms with van der Waals surface area (Å²) in [6.45, 7) is 8.24. The van der Waals surface area contributed by atoms with E-state index >= 15 is 0 Å². The maximum absolute atomic E-state index is 12.4. The van der Waals surface area contributed by atoms with Gasteiger partial charge < -0.3 is 15.0 Å². The van der Waals surface area contributed by atoms with Crippen LogP contribution in [0.4, 0.5) is 0 Å². The van der Waals surface area contributed by atoms with Crippen LogP contribution in [0.25, 0.3) is 0 Å². The van der Waals surface area contributed by atoms with E-state index in [-0.39, 0.29) is 12.5 Å². The molecule has 23 heavy (non-hydrogen) atoms. The summed E-state index contributed by atoms with van der Waals surface area (Å²) in [6, 6.07) is 8.47. The Morgan fingerprint density at radius 1 is 1.26 bits per heavy atom. The molecule has 2 aliphatic heterocycles. The number of hydrogen-bond donors (Lipinski definition) is 1. The van der Waals surface area contributed by atoms with Gasteiger partial charge in [-0.15, -0.1) is 0 Å². The van der Waals surface area contributed by atoms with Crippen molar-refractivity contribution < 1.29 is 9.53 Å². The van der Waals surface area contributed by atoms with Crippen LogP contribution in [0, 0.1) is 0 Å². The molecule has 1 atom stereocenters. The molecule has 1 aromatic rings. The van der Waals surface area contributed by atoms with E-state index in [0.717, 1.165) is 63.4 Å². The topological polar surface area (TPSA) is 44.8 Å². The van der Waals surface area contributed by atoms with E-state index in [1.165, 1.54) is 0 Å². The van der Waals surface area contributed by atoms with Crippen molar-refractivity contribution in [1.82, 2.24) is 15.1 Å². The standard InChI is InChI=1S/C18H27N3O2/c1-2-15-5-3-4-6-17(15)23-14-18(22)21-10-7-16(13-21)20-11-8-19-9-12-20/h3-6,16,19H,2,7-14H2,1H3. The Morgan fingerprint density at radius 3 is 2.83 bits per heavy atom. The van der Waals surface area contributed by atoms with E-state index in [4.69, 9.17) is 4.74 Å². The second-order valence-corrected chi connectivity index (χ2v) is 6.32. The van der Waals surface area contributed by atoms with Gasteiger partial charge in [0, 0.05) is 45.3 Å². The monoisotopic (exact) mass is 317 g/mol. The van der Waals surface area contributed by atoms with Crippen LogP contribution in [0.1, 0.15) is 18.9 Å². The number of carbonyl (C=O) groups is 1. The minimum absolute atomic E-state index is 0.105. The largest absolute Gasteiger partial charge is 0.483 e. The zero-order chi connectivity index (χ0) is 16.1. The Hall–Kier alpha value is -1.59. The molecule has 0 radical (unpaired) electrons. The highest BCUT2D eigenvalue weighted by molar-refractivity contribution is 5.78. The molecule has 5 heteroatoms. The average Bonchev–Trinajstić information content (AvgIpc) is 3.11. The van der Waals surface area contributed by atoms with E-state index in [1.807, 2.05) is 23.1 Å². The van der Waals surface area contributed by atoms with E-state index in [1.54, 1.807) is 0 Å². The number of ether oxygens (including phenoxy) is 1. The van der Waals surface area contributed by atoms with Gasteiger partial charge in [0.1, 0.15) is 5.75 Å². The number of nitrogens with one attached hydrogen (secondary N) is 1. The third-order valence-corrected chi connectivity index (χ3v) is 4.89. The molecule has 5 nitrogen and oxygen atoms in total. The van der Waals surface area contributed by atoms with Gasteiger partial charge in [0.05, 0.1) is 0 Å². The number of piperazine rings is 1. The van der Waals surface area contributed by atoms with Crippen molar-refractivity contribution in [2.45, 2.75) is 25.8 Å². The fourth-order valence-corrected chi connectivity index (χ4v) is 3.48. The van der Waals surface area contributed by atoms with Gasteiger partial charge in [-0.3, -0.25) is 9.69 Å². The second-order valence-electron chi connectivity index (χ2n) is 6.32. The van der Waals surface area contributed by atoms with Crippen LogP contribution in [0.3, 0.4) is 0 Å². The summed E-state index contributed by atoms with van der Waals surface area (Å²) in [7, 11) is 0. The first-order valence-electron chi connectivity index (χ1n) is 8.71. The van der Waals surface area contributed by atoms with Crippen molar-refractivity contribution in [3.05, 3.63) is 29.8 Å². The molecule has 1 unspecified atom stereocenters. The van der Waals surface area contributed by atoms with Crippen molar-refractivity contribution in [3.8, 4) is 5.75 Å². The van der Waals surface area contributed by atoms with Crippen LogP contribution in [0.5, 0.6) is 5.75 Å². The lowest BCUT2D eigenvalue weighted by atomic mass is 10.1. The average molecular weight is 317 g/mol. The van der Waals surface area contributed by atoms with E-state index in [0.29, 0.717) is 6.04 Å². The lowest BCUT2D eigenvalue weighted by Gasteiger charge is -2.32. The molecule has 3 rings (SSSR count). The van der Waals surface area contributed by atoms with Crippen LogP contribution in [0.2, 0.25) is 0 Å². The van der Waals surface area contributed by atoms with Gasteiger partial charge in [-0.05, 0) is 24.5 Å². The molecule has 2 heterocycles. The van der Waals surface area contributed by atoms with Crippen molar-refractivity contribution >= 4 is 5.91 Å². The molecule has 0 aliphatic carbocycles. The summed E-state index contributed by atoms with van der Waals surface area (Å²) in [5, 5.41) is 3.38. The minimum atomic E-state index is 0.105. The first-order chi connectivity index (χ1) is 11.3. The van der Waals surface area contributed by atoms with Crippen LogP contribution in [0.15, 0.2) is 24.3 Å². The highest BCUT2D eigenvalue weighted by Crippen LogP contribution is 2.20. The van der Waals surface area contributed by atoms with Gasteiger partial charge in [-0.2, -0.15) is 0 Å². The Balaban J connectivity index is 1.49. The first kappa shape index (κ1) is 16.3. The highest BCUT2D eigenvalue weighted by Gasteiger charge is 2.30. The third-order valence-electron chi connectivity index (χ3n) is 4.89. The van der Waals surface area contributed by atoms with Crippen LogP contribution in [-0.4, -0.2) is 67.6 Å². The molecular weight excluding hydrogens is 290 g/mol. The van der Waals surface area contributed by atoms with Gasteiger partial charge in [-0.25, -0.2) is 0 Å². The van der Waals surface area contributed by atoms with Crippen LogP contribution in [-0.2, 0) is 11.2 Å². The lowest BCUT2D eigenvalue weighted by molar-refractivity contribution is -0.132. The first-order valence-corrected chi connectivity index (χ1v) is 8.71. The summed E-state index contributed by atoms with van der Waals surface area (Å²) in [4.78, 5) is 16.9. The number of rotatable bonds is 5. The van der Waals surface area contributed by atoms with Crippen LogP contribution >= 0.6 is 0 Å². The van der Waals surface area contributed by atoms with E-state index < -0.39 is 0 Å². The summed E-state index contributed by atoms with van der Waals surface area (Å²) < 4.78 is 5.77. The fraction of sp³-hybridized carbons (Fsp3) is 0.611. The van der Waals surface area contributed by atoms with E-state index in [9.17, 15) is 4.79 Å². The normalized spacial score (nSPS) is 22.3. The molecule has 0 aromatic heterocycles. The molecule has 0 spiro atoms. The SMILES string of the molecule is CCc1ccccc1OCC(=O)N1CCC(N2CCNCC2)C1. The lowest BCUT2D eigenvalue weighted by Crippen LogP contribution is -2.49. The van der Waals surface area contributed by atoms with Crippen molar-refractivity contribution in [2.24, 2.45) is 0 Å². The quantitative estimate of drug-likeness (QED) is 0.884. The third kappa shape index (κ3) is 4.03. The minimum Gasteiger partial charge on any atom is -0.483 e. The molecule has 1 amide bonds. The Kier molecular flexibility index (Phi) is 5.51. The summed E-state index contributed by atoms with van der Waals surface area (Å²) in [5.41, 5.74) is 1.15. The highest BCUT2D eigenvalue weighted by atomic mass is 16.5. The molecule has 0 bridgehead atoms. The molecular formula is C18H27N3O2. The fourth-order valence-electron chi connectivity index (χ4n) is 3.48. The number of para-hydroxylation sites is 1. The van der Waals surface area contributed by atoms with Crippen molar-refractivity contribution in [3.63, 3.8) is 0 Å². The number of carbonyl (C=O) groups excluding carboxylic acids is 1. The summed E-state index contributed by atoms with van der Waals surface area (Å²) in [6.07, 6.45) is 2.00. The smallest absolute Gasteiger partial charge is 0.260 e. The molecule has 2 fully saturated rings. The molecule has 1 N–H and O–H groups in total. The zero-order valence-corrected chi connectivity index (χ0v) is 14.0. The number of nitrogens with zero attached hydrogens (tertiary/aromatic N) is 2. The number of amides is 1. The second kappa shape index (κ2) is 7.79. The molecule has 126 valence electrons. The predicted octanol–water partition coefficient (Wildman–Crippen LogP) is 1.13. The van der Waals surface area contributed by atoms with Gasteiger partial charge in [0.25, 0.3) is 5.91 Å². The Labute approximate surface area is 138 Å². The molecule has 2 aliphatic rings. The van der Waals surface area contributed by atoms with Gasteiger partial charge >= 0.3 is 0 Å². The van der Waals surface area contributed by atoms with Crippen molar-refractivity contribution in [2.75, 3.05) is 45.9 Å². The summed E-state index contributed by atoms with van der Waals surface area (Å²) in [5.74, 6) is 0.940. The Morgan fingerprint density at radius 2 is 2.04 bits per heavy atom. The van der Waals surface area contributed by atoms with Gasteiger partial charge in [0.15, 0.2) is 6.61 Å². The summed E-state index contributed by atoms with van der Waals surface area (Å²) >= 11 is 0. The van der Waals surface area contributed by atoms with Gasteiger partial charge in [0.2, 0.25) is 0 Å². The molecule has 2 saturated heterocycles. The van der Waals surface area contributed by atoms with Gasteiger partial charge in [-0.1, -0.05) is 25.1 Å². The number of aryl methyl sites for hydroxylation is 1. The Bertz CT molecular complexity index is 529. The van der Waals surface area contributed by atoms with Crippen molar-refractivity contribution in [1.29, 1.82) is 0 Å². The zero-order valence-electron chi connectivity index (χ0n) is 14.0. The number of likely N-dealkylation sites (tertiary alicyclic amines) is 1. The number of benzene rings is 1.